The molecule has 3 aromatic rings. The van der Waals surface area contributed by atoms with Crippen molar-refractivity contribution >= 4 is 51.7 Å². The quantitative estimate of drug-likeness (QED) is 0.278. The van der Waals surface area contributed by atoms with Crippen LogP contribution in [0, 0.1) is 0 Å². The second kappa shape index (κ2) is 5.12. The molecule has 1 aliphatic heterocycles. The molecule has 0 bridgehead atoms. The first-order valence-corrected chi connectivity index (χ1v) is 7.97. The van der Waals surface area contributed by atoms with Crippen LogP contribution in [0.25, 0.3) is 10.8 Å². The molecule has 4 heteroatoms. The zero-order valence-electron chi connectivity index (χ0n) is 10.6. The summed E-state index contributed by atoms with van der Waals surface area (Å²) in [4.78, 5) is 0. The summed E-state index contributed by atoms with van der Waals surface area (Å²) in [5.41, 5.74) is 9.72. The average Bonchev–Trinajstić information content (AvgIpc) is 2.45. The minimum absolute atomic E-state index is 0. The van der Waals surface area contributed by atoms with E-state index in [1.165, 1.54) is 31.1 Å². The first-order valence-electron chi connectivity index (χ1n) is 6.26. The smallest absolute Gasteiger partial charge is 1.00 e. The van der Waals surface area contributed by atoms with Crippen molar-refractivity contribution in [1.82, 2.24) is 0 Å². The molecule has 4 rings (SSSR count). The third-order valence-electron chi connectivity index (χ3n) is 3.52. The van der Waals surface area contributed by atoms with Crippen molar-refractivity contribution in [3.63, 3.8) is 0 Å². The van der Waals surface area contributed by atoms with Crippen molar-refractivity contribution in [2.24, 2.45) is 0 Å². The molecule has 1 aliphatic rings. The molecule has 0 saturated carbocycles. The van der Waals surface area contributed by atoms with E-state index in [-0.39, 0.29) is 12.4 Å². The largest absolute Gasteiger partial charge is 1.00 e. The Bertz CT molecular complexity index is 802. The molecule has 0 aliphatic carbocycles. The monoisotopic (exact) mass is 348 g/mol. The van der Waals surface area contributed by atoms with Gasteiger partial charge in [-0.25, -0.2) is 0 Å². The number of nitrogen functional groups attached to an aromatic ring is 1. The average molecular weight is 348 g/mol. The molecular weight excluding hydrogens is 335 g/mol. The summed E-state index contributed by atoms with van der Waals surface area (Å²) in [5, 5.41) is 4.72. The number of quaternary nitrogens is 1. The number of rotatable bonds is 0. The Kier molecular flexibility index (Phi) is 3.45. The summed E-state index contributed by atoms with van der Waals surface area (Å²) in [6, 6.07) is 19.2. The molecule has 100 valence electrons. The summed E-state index contributed by atoms with van der Waals surface area (Å²) in [6.45, 7) is 0. The fourth-order valence-electron chi connectivity index (χ4n) is 2.62. The van der Waals surface area contributed by atoms with Gasteiger partial charge in [0.15, 0.2) is 0 Å². The molecule has 0 spiro atoms. The zero-order valence-corrected chi connectivity index (χ0v) is 13.1. The Labute approximate surface area is 129 Å². The summed E-state index contributed by atoms with van der Waals surface area (Å²) >= 11 is 0.372. The van der Waals surface area contributed by atoms with E-state index in [0.29, 0.717) is 15.0 Å². The van der Waals surface area contributed by atoms with Crippen LogP contribution in [0.1, 0.15) is 0 Å². The summed E-state index contributed by atoms with van der Waals surface area (Å²) in [7, 11) is 0. The van der Waals surface area contributed by atoms with Crippen molar-refractivity contribution in [1.29, 1.82) is 0 Å². The molecule has 0 amide bonds. The van der Waals surface area contributed by atoms with Crippen molar-refractivity contribution in [3.8, 4) is 0 Å². The Morgan fingerprint density at radius 3 is 2.60 bits per heavy atom. The summed E-state index contributed by atoms with van der Waals surface area (Å²) < 4.78 is 2.88. The van der Waals surface area contributed by atoms with E-state index in [2.05, 4.69) is 47.8 Å². The Balaban J connectivity index is 0.00000121. The summed E-state index contributed by atoms with van der Waals surface area (Å²) in [6.07, 6.45) is 0. The van der Waals surface area contributed by atoms with Gasteiger partial charge in [0.1, 0.15) is 0 Å². The van der Waals surface area contributed by atoms with Crippen molar-refractivity contribution in [2.45, 2.75) is 0 Å². The molecule has 1 heterocycles. The van der Waals surface area contributed by atoms with Crippen LogP contribution in [-0.4, -0.2) is 15.0 Å². The van der Waals surface area contributed by atoms with Crippen LogP contribution in [-0.2, 0) is 0 Å². The first-order chi connectivity index (χ1) is 9.33. The van der Waals surface area contributed by atoms with Gasteiger partial charge in [0.2, 0.25) is 0 Å². The molecule has 3 aromatic carbocycles. The molecule has 0 radical (unpaired) electrons. The van der Waals surface area contributed by atoms with Crippen LogP contribution >= 0.6 is 0 Å². The molecule has 2 nitrogen and oxygen atoms in total. The molecule has 20 heavy (non-hydrogen) atoms. The van der Waals surface area contributed by atoms with Crippen LogP contribution < -0.4 is 32.4 Å². The second-order valence-corrected chi connectivity index (χ2v) is 6.98. The standard InChI is InChI=1S/C16H12N2Se.ClH/c17-11-5-3-4-10-8-9-14-16(15(10)11)18-12-6-1-2-7-13(12)19-14;/h1-9,18H,17H2;1H. The van der Waals surface area contributed by atoms with Gasteiger partial charge in [-0.1, -0.05) is 0 Å². The van der Waals surface area contributed by atoms with Gasteiger partial charge < -0.3 is 12.4 Å². The van der Waals surface area contributed by atoms with E-state index in [0.717, 1.165) is 5.69 Å². The maximum absolute atomic E-state index is 6.19. The number of hydrogen-bond acceptors (Lipinski definition) is 1. The minimum Gasteiger partial charge on any atom is -1.00 e. The normalized spacial score (nSPS) is 12.4. The number of benzene rings is 3. The SMILES string of the molecule is Nc1cccc2ccc3c(c12)[NH2+]c1ccccc1[Se]3.[Cl-]. The maximum Gasteiger partial charge on any atom is -1.00 e. The van der Waals surface area contributed by atoms with Gasteiger partial charge >= 0.3 is 117 Å². The fraction of sp³-hybridized carbons (Fsp3) is 0. The Morgan fingerprint density at radius 2 is 1.70 bits per heavy atom. The van der Waals surface area contributed by atoms with Crippen LogP contribution in [0.15, 0.2) is 54.6 Å². The number of fused-ring (bicyclic) bond motifs is 4. The van der Waals surface area contributed by atoms with Crippen LogP contribution in [0.4, 0.5) is 17.1 Å². The van der Waals surface area contributed by atoms with E-state index in [1.54, 1.807) is 0 Å². The van der Waals surface area contributed by atoms with E-state index < -0.39 is 0 Å². The van der Waals surface area contributed by atoms with Crippen LogP contribution in [0.2, 0.25) is 0 Å². The number of halogens is 1. The molecule has 0 fully saturated rings. The van der Waals surface area contributed by atoms with Gasteiger partial charge in [-0.15, -0.1) is 0 Å². The third-order valence-corrected chi connectivity index (χ3v) is 5.97. The van der Waals surface area contributed by atoms with E-state index >= 15 is 0 Å². The number of hydrogen-bond donors (Lipinski definition) is 2. The van der Waals surface area contributed by atoms with Gasteiger partial charge in [0, 0.05) is 0 Å². The van der Waals surface area contributed by atoms with Crippen molar-refractivity contribution < 1.29 is 17.7 Å². The predicted molar refractivity (Wildman–Crippen MR) is 81.1 cm³/mol. The third kappa shape index (κ3) is 2.00. The van der Waals surface area contributed by atoms with Gasteiger partial charge in [-0.3, -0.25) is 0 Å². The first kappa shape index (κ1) is 13.5. The molecule has 0 unspecified atom stereocenters. The van der Waals surface area contributed by atoms with E-state index in [1.807, 2.05) is 12.1 Å². The van der Waals surface area contributed by atoms with Gasteiger partial charge in [0.25, 0.3) is 0 Å². The van der Waals surface area contributed by atoms with E-state index in [9.17, 15) is 0 Å². The number of anilines is 1. The van der Waals surface area contributed by atoms with Crippen LogP contribution in [0.3, 0.4) is 0 Å². The van der Waals surface area contributed by atoms with E-state index in [4.69, 9.17) is 5.73 Å². The second-order valence-electron chi connectivity index (χ2n) is 4.71. The number of para-hydroxylation sites is 1. The summed E-state index contributed by atoms with van der Waals surface area (Å²) in [5.74, 6) is 0. The van der Waals surface area contributed by atoms with Crippen LogP contribution in [0.5, 0.6) is 0 Å². The molecule has 0 aromatic heterocycles. The molecule has 0 atom stereocenters. The molecule has 4 N–H and O–H groups in total. The predicted octanol–water partition coefficient (Wildman–Crippen LogP) is -2.08. The Morgan fingerprint density at radius 1 is 0.850 bits per heavy atom. The van der Waals surface area contributed by atoms with Gasteiger partial charge in [-0.2, -0.15) is 0 Å². The van der Waals surface area contributed by atoms with Gasteiger partial charge in [-0.05, 0) is 0 Å². The van der Waals surface area contributed by atoms with Crippen molar-refractivity contribution in [2.75, 3.05) is 5.73 Å². The minimum atomic E-state index is 0. The number of nitrogens with two attached hydrogens (primary N) is 2. The topological polar surface area (TPSA) is 42.6 Å². The molecular formula is C16H13ClN2Se. The zero-order chi connectivity index (χ0) is 12.8. The Hall–Kier alpha value is -1.51. The van der Waals surface area contributed by atoms with Gasteiger partial charge in [0.05, 0.1) is 0 Å². The molecule has 0 saturated heterocycles. The fourth-order valence-corrected chi connectivity index (χ4v) is 4.79. The van der Waals surface area contributed by atoms with Crippen molar-refractivity contribution in [3.05, 3.63) is 54.6 Å². The maximum atomic E-state index is 6.19.